The molecule has 1 amide bonds. The average molecular weight is 327 g/mol. The van der Waals surface area contributed by atoms with Crippen molar-refractivity contribution in [2.24, 2.45) is 0 Å². The number of carboxylic acid groups (broad SMARTS) is 1. The van der Waals surface area contributed by atoms with Gasteiger partial charge in [0, 0.05) is 22.5 Å². The standard InChI is InChI=1S/C17H17N3O4/c1-6-11(18-8(3)12(6)17(23)24)5-10-13-7(2)14(21)9(4)19-15(13)20-16(10)22/h5,18,21H,1-4H3,(H,23,24)(H,19,20,22)/b10-5-. The molecule has 0 saturated heterocycles. The van der Waals surface area contributed by atoms with Gasteiger partial charge in [0.1, 0.15) is 11.6 Å². The quantitative estimate of drug-likeness (QED) is 0.633. The number of anilines is 1. The van der Waals surface area contributed by atoms with E-state index in [0.717, 1.165) is 0 Å². The van der Waals surface area contributed by atoms with Crippen LogP contribution in [0.2, 0.25) is 0 Å². The Morgan fingerprint density at radius 1 is 1.17 bits per heavy atom. The first-order chi connectivity index (χ1) is 11.2. The second-order valence-corrected chi connectivity index (χ2v) is 5.88. The van der Waals surface area contributed by atoms with Crippen molar-refractivity contribution in [3.8, 4) is 5.75 Å². The first-order valence-corrected chi connectivity index (χ1v) is 7.38. The predicted molar refractivity (Wildman–Crippen MR) is 89.1 cm³/mol. The van der Waals surface area contributed by atoms with Crippen molar-refractivity contribution in [1.29, 1.82) is 0 Å². The van der Waals surface area contributed by atoms with Gasteiger partial charge in [-0.15, -0.1) is 0 Å². The summed E-state index contributed by atoms with van der Waals surface area (Å²) in [6.45, 7) is 6.73. The Morgan fingerprint density at radius 2 is 1.83 bits per heavy atom. The van der Waals surface area contributed by atoms with E-state index >= 15 is 0 Å². The number of nitrogens with zero attached hydrogens (tertiary/aromatic N) is 1. The van der Waals surface area contributed by atoms with Crippen LogP contribution < -0.4 is 5.32 Å². The number of carboxylic acids is 1. The van der Waals surface area contributed by atoms with Crippen molar-refractivity contribution in [2.45, 2.75) is 27.7 Å². The maximum Gasteiger partial charge on any atom is 0.337 e. The molecule has 24 heavy (non-hydrogen) atoms. The van der Waals surface area contributed by atoms with Crippen LogP contribution in [0, 0.1) is 27.7 Å². The van der Waals surface area contributed by atoms with Gasteiger partial charge < -0.3 is 20.5 Å². The van der Waals surface area contributed by atoms with Crippen LogP contribution in [0.5, 0.6) is 5.75 Å². The summed E-state index contributed by atoms with van der Waals surface area (Å²) in [6, 6.07) is 0. The number of carbonyl (C=O) groups is 2. The fraction of sp³-hybridized carbons (Fsp3) is 0.235. The van der Waals surface area contributed by atoms with Gasteiger partial charge >= 0.3 is 5.97 Å². The van der Waals surface area contributed by atoms with Gasteiger partial charge in [-0.3, -0.25) is 4.79 Å². The number of hydrogen-bond donors (Lipinski definition) is 4. The van der Waals surface area contributed by atoms with Crippen LogP contribution in [-0.2, 0) is 4.79 Å². The Morgan fingerprint density at radius 3 is 2.42 bits per heavy atom. The van der Waals surface area contributed by atoms with Crippen molar-refractivity contribution in [3.05, 3.63) is 39.3 Å². The summed E-state index contributed by atoms with van der Waals surface area (Å²) in [5.41, 5.74) is 3.68. The number of pyridine rings is 1. The number of fused-ring (bicyclic) bond motifs is 1. The van der Waals surface area contributed by atoms with E-state index in [1.807, 2.05) is 0 Å². The zero-order chi connectivity index (χ0) is 17.8. The Balaban J connectivity index is 2.21. The molecular weight excluding hydrogens is 310 g/mol. The molecule has 2 aromatic heterocycles. The Hall–Kier alpha value is -3.09. The molecule has 3 heterocycles. The normalized spacial score (nSPS) is 14.8. The lowest BCUT2D eigenvalue weighted by molar-refractivity contribution is -0.110. The van der Waals surface area contributed by atoms with Crippen LogP contribution in [0.25, 0.3) is 11.6 Å². The average Bonchev–Trinajstić information content (AvgIpc) is 2.94. The fourth-order valence-corrected chi connectivity index (χ4v) is 3.07. The summed E-state index contributed by atoms with van der Waals surface area (Å²) >= 11 is 0. The van der Waals surface area contributed by atoms with Crippen molar-refractivity contribution in [3.63, 3.8) is 0 Å². The van der Waals surface area contributed by atoms with E-state index in [0.29, 0.717) is 45.2 Å². The number of aromatic nitrogens is 2. The zero-order valence-corrected chi connectivity index (χ0v) is 13.7. The second kappa shape index (κ2) is 5.23. The number of carbonyl (C=O) groups excluding carboxylic acids is 1. The molecular formula is C17H17N3O4. The molecule has 1 aliphatic rings. The molecule has 3 rings (SSSR count). The van der Waals surface area contributed by atoms with Gasteiger partial charge in [-0.05, 0) is 39.3 Å². The summed E-state index contributed by atoms with van der Waals surface area (Å²) < 4.78 is 0. The number of aromatic amines is 1. The molecule has 0 aliphatic carbocycles. The zero-order valence-electron chi connectivity index (χ0n) is 13.7. The van der Waals surface area contributed by atoms with Gasteiger partial charge in [0.05, 0.1) is 16.8 Å². The molecule has 1 aliphatic heterocycles. The third-order valence-electron chi connectivity index (χ3n) is 4.31. The number of nitrogens with one attached hydrogen (secondary N) is 2. The number of amides is 1. The van der Waals surface area contributed by atoms with Crippen molar-refractivity contribution >= 4 is 29.3 Å². The third-order valence-corrected chi connectivity index (χ3v) is 4.31. The Bertz CT molecular complexity index is 938. The highest BCUT2D eigenvalue weighted by molar-refractivity contribution is 6.35. The van der Waals surface area contributed by atoms with Gasteiger partial charge in [-0.25, -0.2) is 9.78 Å². The number of aryl methyl sites for hydroxylation is 2. The molecule has 0 unspecified atom stereocenters. The molecule has 0 radical (unpaired) electrons. The summed E-state index contributed by atoms with van der Waals surface area (Å²) in [6.07, 6.45) is 1.60. The summed E-state index contributed by atoms with van der Waals surface area (Å²) in [4.78, 5) is 30.8. The lowest BCUT2D eigenvalue weighted by Gasteiger charge is -2.08. The molecule has 0 fully saturated rings. The van der Waals surface area contributed by atoms with Gasteiger partial charge in [-0.1, -0.05) is 0 Å². The van der Waals surface area contributed by atoms with Crippen LogP contribution >= 0.6 is 0 Å². The van der Waals surface area contributed by atoms with E-state index in [9.17, 15) is 19.8 Å². The van der Waals surface area contributed by atoms with Crippen LogP contribution in [0.4, 0.5) is 5.82 Å². The summed E-state index contributed by atoms with van der Waals surface area (Å²) in [5.74, 6) is -0.914. The molecule has 0 aromatic carbocycles. The van der Waals surface area contributed by atoms with Gasteiger partial charge in [0.25, 0.3) is 5.91 Å². The summed E-state index contributed by atoms with van der Waals surface area (Å²) in [5, 5.41) is 22.1. The van der Waals surface area contributed by atoms with Crippen LogP contribution in [-0.4, -0.2) is 32.1 Å². The van der Waals surface area contributed by atoms with E-state index in [4.69, 9.17) is 0 Å². The highest BCUT2D eigenvalue weighted by Crippen LogP contribution is 2.39. The largest absolute Gasteiger partial charge is 0.506 e. The fourth-order valence-electron chi connectivity index (χ4n) is 3.07. The maximum absolute atomic E-state index is 12.3. The highest BCUT2D eigenvalue weighted by atomic mass is 16.4. The number of H-pyrrole nitrogens is 1. The van der Waals surface area contributed by atoms with Crippen molar-refractivity contribution in [1.82, 2.24) is 9.97 Å². The lowest BCUT2D eigenvalue weighted by atomic mass is 10.0. The number of hydrogen-bond acceptors (Lipinski definition) is 4. The van der Waals surface area contributed by atoms with Gasteiger partial charge in [0.2, 0.25) is 0 Å². The molecule has 4 N–H and O–H groups in total. The van der Waals surface area contributed by atoms with Crippen LogP contribution in [0.1, 0.15) is 44.1 Å². The molecule has 0 atom stereocenters. The molecule has 2 aromatic rings. The first-order valence-electron chi connectivity index (χ1n) is 7.38. The molecule has 0 bridgehead atoms. The minimum atomic E-state index is -1.02. The number of aromatic hydroxyl groups is 1. The van der Waals surface area contributed by atoms with Gasteiger partial charge in [0.15, 0.2) is 0 Å². The minimum absolute atomic E-state index is 0.0433. The molecule has 0 spiro atoms. The first kappa shape index (κ1) is 15.8. The Labute approximate surface area is 138 Å². The maximum atomic E-state index is 12.3. The monoisotopic (exact) mass is 327 g/mol. The van der Waals surface area contributed by atoms with E-state index in [1.54, 1.807) is 33.8 Å². The van der Waals surface area contributed by atoms with Gasteiger partial charge in [-0.2, -0.15) is 0 Å². The lowest BCUT2D eigenvalue weighted by Crippen LogP contribution is -2.04. The molecule has 7 heteroatoms. The minimum Gasteiger partial charge on any atom is -0.506 e. The highest BCUT2D eigenvalue weighted by Gasteiger charge is 2.30. The Kier molecular flexibility index (Phi) is 3.44. The predicted octanol–water partition coefficient (Wildman–Crippen LogP) is 2.54. The smallest absolute Gasteiger partial charge is 0.337 e. The molecule has 124 valence electrons. The van der Waals surface area contributed by atoms with E-state index in [2.05, 4.69) is 15.3 Å². The number of aromatic carboxylic acids is 1. The second-order valence-electron chi connectivity index (χ2n) is 5.88. The number of rotatable bonds is 2. The molecule has 0 saturated carbocycles. The van der Waals surface area contributed by atoms with E-state index < -0.39 is 5.97 Å². The van der Waals surface area contributed by atoms with Crippen LogP contribution in [0.3, 0.4) is 0 Å². The SMILES string of the molecule is Cc1nc2c(c(C)c1O)/C(=C/c1[nH]c(C)c(C(=O)O)c1C)C(=O)N2. The molecule has 7 nitrogen and oxygen atoms in total. The van der Waals surface area contributed by atoms with Crippen molar-refractivity contribution in [2.75, 3.05) is 5.32 Å². The van der Waals surface area contributed by atoms with Crippen LogP contribution in [0.15, 0.2) is 0 Å². The van der Waals surface area contributed by atoms with E-state index in [-0.39, 0.29) is 17.2 Å². The summed E-state index contributed by atoms with van der Waals surface area (Å²) in [7, 11) is 0. The van der Waals surface area contributed by atoms with E-state index in [1.165, 1.54) is 0 Å². The van der Waals surface area contributed by atoms with Crippen molar-refractivity contribution < 1.29 is 19.8 Å². The third kappa shape index (κ3) is 2.17. The topological polar surface area (TPSA) is 115 Å².